The summed E-state index contributed by atoms with van der Waals surface area (Å²) in [6.45, 7) is 0.914. The Bertz CT molecular complexity index is 896. The molecule has 0 radical (unpaired) electrons. The van der Waals surface area contributed by atoms with Gasteiger partial charge in [-0.1, -0.05) is 18.2 Å². The van der Waals surface area contributed by atoms with Crippen molar-refractivity contribution in [1.29, 1.82) is 0 Å². The normalized spacial score (nSPS) is 19.8. The van der Waals surface area contributed by atoms with Gasteiger partial charge in [-0.3, -0.25) is 14.9 Å². The second kappa shape index (κ2) is 7.13. The first-order valence-corrected chi connectivity index (χ1v) is 8.56. The van der Waals surface area contributed by atoms with E-state index in [2.05, 4.69) is 15.2 Å². The maximum atomic E-state index is 13.1. The number of pyridine rings is 1. The van der Waals surface area contributed by atoms with Crippen LogP contribution in [0, 0.1) is 0 Å². The van der Waals surface area contributed by atoms with Gasteiger partial charge in [-0.25, -0.2) is 0 Å². The monoisotopic (exact) mass is 352 g/mol. The van der Waals surface area contributed by atoms with E-state index >= 15 is 0 Å². The molecular weight excluding hydrogens is 332 g/mol. The predicted molar refractivity (Wildman–Crippen MR) is 96.1 cm³/mol. The fourth-order valence-corrected chi connectivity index (χ4v) is 3.34. The highest BCUT2D eigenvalue weighted by molar-refractivity contribution is 6.04. The summed E-state index contributed by atoms with van der Waals surface area (Å²) in [5, 5.41) is 7.98. The van der Waals surface area contributed by atoms with Gasteiger partial charge >= 0.3 is 0 Å². The maximum Gasteiger partial charge on any atom is 0.275 e. The lowest BCUT2D eigenvalue weighted by Crippen LogP contribution is -2.39. The highest BCUT2D eigenvalue weighted by Crippen LogP contribution is 2.25. The van der Waals surface area contributed by atoms with E-state index in [0.717, 1.165) is 17.3 Å². The first-order valence-electron chi connectivity index (χ1n) is 8.56. The highest BCUT2D eigenvalue weighted by atomic mass is 16.5. The molecule has 7 nitrogen and oxygen atoms in total. The number of aromatic amines is 1. The molecule has 0 aliphatic carbocycles. The van der Waals surface area contributed by atoms with Gasteiger partial charge in [0.1, 0.15) is 12.4 Å². The van der Waals surface area contributed by atoms with Crippen molar-refractivity contribution in [3.63, 3.8) is 0 Å². The first-order chi connectivity index (χ1) is 12.8. The van der Waals surface area contributed by atoms with Crippen LogP contribution in [-0.4, -0.2) is 58.4 Å². The molecule has 26 heavy (non-hydrogen) atoms. The van der Waals surface area contributed by atoms with Crippen molar-refractivity contribution in [2.45, 2.75) is 18.6 Å². The molecule has 134 valence electrons. The molecule has 1 fully saturated rings. The number of nitrogens with zero attached hydrogens (tertiary/aromatic N) is 3. The molecule has 2 atom stereocenters. The smallest absolute Gasteiger partial charge is 0.275 e. The molecule has 1 amide bonds. The average Bonchev–Trinajstić information content (AvgIpc) is 3.31. The van der Waals surface area contributed by atoms with E-state index in [1.165, 1.54) is 0 Å². The summed E-state index contributed by atoms with van der Waals surface area (Å²) in [5.41, 5.74) is 1.28. The molecule has 0 spiro atoms. The molecule has 3 aromatic rings. The molecule has 2 aromatic heterocycles. The molecule has 3 heterocycles. The molecule has 1 aliphatic heterocycles. The minimum Gasteiger partial charge on any atom is -0.490 e. The molecule has 1 N–H and O–H groups in total. The van der Waals surface area contributed by atoms with Crippen LogP contribution in [0.2, 0.25) is 0 Å². The standard InChI is InChI=1S/C19H20N4O3/c1-25-15-9-13(12-26-14-5-4-8-20-10-14)23(11-15)19(24)18-16-6-2-3-7-17(16)21-22-18/h2-8,10,13,15H,9,11-12H2,1H3,(H,21,22)/t13-,15+/m0/s1. The van der Waals surface area contributed by atoms with Gasteiger partial charge in [0.2, 0.25) is 0 Å². The van der Waals surface area contributed by atoms with Crippen molar-refractivity contribution < 1.29 is 14.3 Å². The molecule has 0 unspecified atom stereocenters. The second-order valence-electron chi connectivity index (χ2n) is 6.32. The van der Waals surface area contributed by atoms with E-state index in [9.17, 15) is 4.79 Å². The Morgan fingerprint density at radius 3 is 3.00 bits per heavy atom. The molecule has 1 aromatic carbocycles. The van der Waals surface area contributed by atoms with E-state index in [1.807, 2.05) is 36.4 Å². The van der Waals surface area contributed by atoms with Crippen molar-refractivity contribution in [2.24, 2.45) is 0 Å². The van der Waals surface area contributed by atoms with Gasteiger partial charge in [-0.05, 0) is 24.6 Å². The van der Waals surface area contributed by atoms with Gasteiger partial charge in [0, 0.05) is 25.2 Å². The lowest BCUT2D eigenvalue weighted by atomic mass is 10.1. The molecular formula is C19H20N4O3. The number of para-hydroxylation sites is 1. The first kappa shape index (κ1) is 16.5. The van der Waals surface area contributed by atoms with Gasteiger partial charge in [0.25, 0.3) is 5.91 Å². The molecule has 1 aliphatic rings. The fourth-order valence-electron chi connectivity index (χ4n) is 3.34. The number of fused-ring (bicyclic) bond motifs is 1. The quantitative estimate of drug-likeness (QED) is 0.762. The van der Waals surface area contributed by atoms with Crippen LogP contribution in [0.1, 0.15) is 16.9 Å². The molecule has 0 bridgehead atoms. The third kappa shape index (κ3) is 3.13. The number of ether oxygens (including phenoxy) is 2. The van der Waals surface area contributed by atoms with Crippen LogP contribution < -0.4 is 4.74 Å². The van der Waals surface area contributed by atoms with E-state index < -0.39 is 0 Å². The summed E-state index contributed by atoms with van der Waals surface area (Å²) in [6, 6.07) is 11.2. The number of hydrogen-bond donors (Lipinski definition) is 1. The van der Waals surface area contributed by atoms with E-state index in [-0.39, 0.29) is 18.1 Å². The van der Waals surface area contributed by atoms with Crippen LogP contribution >= 0.6 is 0 Å². The van der Waals surface area contributed by atoms with Crippen molar-refractivity contribution in [2.75, 3.05) is 20.3 Å². The van der Waals surface area contributed by atoms with E-state index in [0.29, 0.717) is 24.6 Å². The Hall–Kier alpha value is -2.93. The number of amides is 1. The zero-order valence-corrected chi connectivity index (χ0v) is 14.5. The van der Waals surface area contributed by atoms with Crippen LogP contribution in [0.25, 0.3) is 10.9 Å². The van der Waals surface area contributed by atoms with Crippen LogP contribution in [0.3, 0.4) is 0 Å². The molecule has 4 rings (SSSR count). The van der Waals surface area contributed by atoms with Gasteiger partial charge < -0.3 is 14.4 Å². The Morgan fingerprint density at radius 2 is 2.19 bits per heavy atom. The van der Waals surface area contributed by atoms with Gasteiger partial charge in [-0.15, -0.1) is 0 Å². The number of rotatable bonds is 5. The zero-order chi connectivity index (χ0) is 17.9. The molecule has 0 saturated carbocycles. The Balaban J connectivity index is 1.55. The Labute approximate surface area is 150 Å². The van der Waals surface area contributed by atoms with Crippen LogP contribution in [-0.2, 0) is 4.74 Å². The van der Waals surface area contributed by atoms with Crippen LogP contribution in [0.15, 0.2) is 48.8 Å². The fraction of sp³-hybridized carbons (Fsp3) is 0.316. The third-order valence-electron chi connectivity index (χ3n) is 4.72. The van der Waals surface area contributed by atoms with Crippen molar-refractivity contribution in [3.05, 3.63) is 54.5 Å². The van der Waals surface area contributed by atoms with Gasteiger partial charge in [0.05, 0.1) is 23.9 Å². The molecule has 1 saturated heterocycles. The van der Waals surface area contributed by atoms with Crippen molar-refractivity contribution in [1.82, 2.24) is 20.1 Å². The summed E-state index contributed by atoms with van der Waals surface area (Å²) in [7, 11) is 1.67. The Kier molecular flexibility index (Phi) is 4.53. The Morgan fingerprint density at radius 1 is 1.31 bits per heavy atom. The van der Waals surface area contributed by atoms with Gasteiger partial charge in [0.15, 0.2) is 5.69 Å². The third-order valence-corrected chi connectivity index (χ3v) is 4.72. The summed E-state index contributed by atoms with van der Waals surface area (Å²) in [6.07, 6.45) is 4.08. The summed E-state index contributed by atoms with van der Waals surface area (Å²) < 4.78 is 11.3. The number of likely N-dealkylation sites (tertiary alicyclic amines) is 1. The number of hydrogen-bond acceptors (Lipinski definition) is 5. The number of benzene rings is 1. The highest BCUT2D eigenvalue weighted by Gasteiger charge is 2.37. The summed E-state index contributed by atoms with van der Waals surface area (Å²) in [4.78, 5) is 19.0. The lowest BCUT2D eigenvalue weighted by molar-refractivity contribution is 0.0654. The minimum atomic E-state index is -0.109. The minimum absolute atomic E-state index is 0.00773. The maximum absolute atomic E-state index is 13.1. The van der Waals surface area contributed by atoms with Crippen molar-refractivity contribution in [3.8, 4) is 5.75 Å². The lowest BCUT2D eigenvalue weighted by Gasteiger charge is -2.23. The number of H-pyrrole nitrogens is 1. The topological polar surface area (TPSA) is 80.3 Å². The van der Waals surface area contributed by atoms with E-state index in [4.69, 9.17) is 9.47 Å². The zero-order valence-electron chi connectivity index (χ0n) is 14.5. The van der Waals surface area contributed by atoms with Gasteiger partial charge in [-0.2, -0.15) is 5.10 Å². The van der Waals surface area contributed by atoms with Crippen molar-refractivity contribution >= 4 is 16.8 Å². The predicted octanol–water partition coefficient (Wildman–Crippen LogP) is 2.27. The largest absolute Gasteiger partial charge is 0.490 e. The SMILES string of the molecule is CO[C@@H]1C[C@@H](COc2cccnc2)N(C(=O)c2n[nH]c3ccccc23)C1. The summed E-state index contributed by atoms with van der Waals surface area (Å²) >= 11 is 0. The number of carbonyl (C=O) groups excluding carboxylic acids is 1. The van der Waals surface area contributed by atoms with E-state index in [1.54, 1.807) is 24.4 Å². The number of aromatic nitrogens is 3. The van der Waals surface area contributed by atoms with Crippen LogP contribution in [0.4, 0.5) is 0 Å². The van der Waals surface area contributed by atoms with Crippen LogP contribution in [0.5, 0.6) is 5.75 Å². The number of nitrogens with one attached hydrogen (secondary N) is 1. The average molecular weight is 352 g/mol. The number of methoxy groups -OCH3 is 1. The molecule has 7 heteroatoms. The second-order valence-corrected chi connectivity index (χ2v) is 6.32. The summed E-state index contributed by atoms with van der Waals surface area (Å²) in [5.74, 6) is 0.577. The number of carbonyl (C=O) groups is 1.